The van der Waals surface area contributed by atoms with E-state index >= 15 is 0 Å². The fraction of sp³-hybridized carbons (Fsp3) is 0.550. The first-order chi connectivity index (χ1) is 15.4. The van der Waals surface area contributed by atoms with Crippen molar-refractivity contribution in [3.05, 3.63) is 30.1 Å². The van der Waals surface area contributed by atoms with Crippen molar-refractivity contribution in [3.63, 3.8) is 0 Å². The zero-order chi connectivity index (χ0) is 22.6. The number of thioether (sulfide) groups is 1. The van der Waals surface area contributed by atoms with Crippen molar-refractivity contribution in [1.29, 1.82) is 0 Å². The van der Waals surface area contributed by atoms with Crippen LogP contribution >= 0.6 is 11.8 Å². The van der Waals surface area contributed by atoms with Crippen molar-refractivity contribution in [2.45, 2.75) is 24.2 Å². The monoisotopic (exact) mass is 483 g/mol. The molecule has 4 rings (SSSR count). The van der Waals surface area contributed by atoms with E-state index in [4.69, 9.17) is 4.74 Å². The molecule has 1 aromatic carbocycles. The minimum Gasteiger partial charge on any atom is -0.379 e. The van der Waals surface area contributed by atoms with Crippen LogP contribution in [0.3, 0.4) is 0 Å². The lowest BCUT2D eigenvalue weighted by atomic mass is 10.2. The molecule has 1 atom stereocenters. The van der Waals surface area contributed by atoms with Gasteiger partial charge in [0.1, 0.15) is 5.82 Å². The Kier molecular flexibility index (Phi) is 7.44. The zero-order valence-electron chi connectivity index (χ0n) is 17.6. The van der Waals surface area contributed by atoms with Crippen molar-refractivity contribution in [1.82, 2.24) is 25.0 Å². The average Bonchev–Trinajstić information content (AvgIpc) is 3.34. The second-order valence-electron chi connectivity index (χ2n) is 7.87. The smallest absolute Gasteiger partial charge is 0.230 e. The van der Waals surface area contributed by atoms with E-state index in [9.17, 15) is 17.6 Å². The Balaban J connectivity index is 1.44. The van der Waals surface area contributed by atoms with E-state index in [1.54, 1.807) is 12.1 Å². The highest BCUT2D eigenvalue weighted by Gasteiger charge is 2.29. The summed E-state index contributed by atoms with van der Waals surface area (Å²) < 4.78 is 43.9. The summed E-state index contributed by atoms with van der Waals surface area (Å²) in [5.41, 5.74) is 0.744. The summed E-state index contributed by atoms with van der Waals surface area (Å²) in [6, 6.07) is 5.75. The van der Waals surface area contributed by atoms with Gasteiger partial charge in [0.2, 0.25) is 5.91 Å². The minimum absolute atomic E-state index is 0.00610. The van der Waals surface area contributed by atoms with Crippen LogP contribution in [0.5, 0.6) is 0 Å². The third-order valence-electron chi connectivity index (χ3n) is 5.49. The molecule has 0 radical (unpaired) electrons. The number of rotatable bonds is 8. The normalized spacial score (nSPS) is 21.0. The number of carbonyl (C=O) groups is 1. The summed E-state index contributed by atoms with van der Waals surface area (Å²) in [5.74, 6) is 0.269. The van der Waals surface area contributed by atoms with Crippen LogP contribution in [0, 0.1) is 5.82 Å². The van der Waals surface area contributed by atoms with Gasteiger partial charge < -0.3 is 14.6 Å². The third-order valence-corrected chi connectivity index (χ3v) is 8.23. The van der Waals surface area contributed by atoms with E-state index < -0.39 is 9.84 Å². The summed E-state index contributed by atoms with van der Waals surface area (Å²) in [7, 11) is -3.05. The quantitative estimate of drug-likeness (QED) is 0.550. The summed E-state index contributed by atoms with van der Waals surface area (Å²) in [6.45, 7) is 4.49. The zero-order valence-corrected chi connectivity index (χ0v) is 19.2. The van der Waals surface area contributed by atoms with Gasteiger partial charge >= 0.3 is 0 Å². The Labute approximate surface area is 190 Å². The van der Waals surface area contributed by atoms with E-state index in [-0.39, 0.29) is 35.0 Å². The molecular formula is C20H26FN5O4S2. The lowest BCUT2D eigenvalue weighted by Gasteiger charge is -2.27. The van der Waals surface area contributed by atoms with Gasteiger partial charge in [0.15, 0.2) is 20.8 Å². The third kappa shape index (κ3) is 6.06. The van der Waals surface area contributed by atoms with Crippen LogP contribution in [0.2, 0.25) is 0 Å². The molecule has 174 valence electrons. The fourth-order valence-corrected chi connectivity index (χ4v) is 6.23. The van der Waals surface area contributed by atoms with E-state index in [0.717, 1.165) is 25.2 Å². The van der Waals surface area contributed by atoms with E-state index in [2.05, 4.69) is 20.4 Å². The predicted molar refractivity (Wildman–Crippen MR) is 119 cm³/mol. The molecule has 0 aliphatic carbocycles. The van der Waals surface area contributed by atoms with Crippen molar-refractivity contribution in [2.24, 2.45) is 0 Å². The first-order valence-electron chi connectivity index (χ1n) is 10.5. The van der Waals surface area contributed by atoms with Crippen LogP contribution in [0.1, 0.15) is 6.42 Å². The number of aromatic nitrogens is 3. The molecule has 9 nitrogen and oxygen atoms in total. The van der Waals surface area contributed by atoms with Gasteiger partial charge in [-0.15, -0.1) is 10.2 Å². The number of halogens is 1. The van der Waals surface area contributed by atoms with Crippen molar-refractivity contribution >= 4 is 27.5 Å². The fourth-order valence-electron chi connectivity index (χ4n) is 3.78. The van der Waals surface area contributed by atoms with E-state index in [1.807, 2.05) is 4.57 Å². The lowest BCUT2D eigenvalue weighted by molar-refractivity contribution is -0.119. The number of morpholine rings is 1. The van der Waals surface area contributed by atoms with Crippen LogP contribution in [-0.2, 0) is 25.9 Å². The van der Waals surface area contributed by atoms with E-state index in [1.165, 1.54) is 23.9 Å². The molecule has 2 aliphatic heterocycles. The highest BCUT2D eigenvalue weighted by Crippen LogP contribution is 2.24. The first kappa shape index (κ1) is 23.1. The first-order valence-corrected chi connectivity index (χ1v) is 13.3. The Hall–Kier alpha value is -2.02. The molecule has 12 heteroatoms. The van der Waals surface area contributed by atoms with Gasteiger partial charge in [-0.05, 0) is 30.7 Å². The molecular weight excluding hydrogens is 457 g/mol. The Morgan fingerprint density at radius 1 is 1.19 bits per heavy atom. The molecule has 3 heterocycles. The Morgan fingerprint density at radius 3 is 2.62 bits per heavy atom. The van der Waals surface area contributed by atoms with Gasteiger partial charge in [0.25, 0.3) is 0 Å². The van der Waals surface area contributed by atoms with Crippen molar-refractivity contribution < 1.29 is 22.3 Å². The molecule has 32 heavy (non-hydrogen) atoms. The molecule has 0 saturated carbocycles. The highest BCUT2D eigenvalue weighted by molar-refractivity contribution is 7.99. The number of ether oxygens (including phenoxy) is 1. The minimum atomic E-state index is -3.05. The maximum Gasteiger partial charge on any atom is 0.230 e. The molecule has 1 unspecified atom stereocenters. The number of carbonyl (C=O) groups excluding carboxylic acids is 1. The second kappa shape index (κ2) is 10.3. The molecule has 2 aromatic rings. The molecule has 1 aromatic heterocycles. The topological polar surface area (TPSA) is 106 Å². The number of sulfone groups is 1. The van der Waals surface area contributed by atoms with Crippen LogP contribution in [0.15, 0.2) is 29.4 Å². The van der Waals surface area contributed by atoms with Gasteiger partial charge in [-0.2, -0.15) is 0 Å². The van der Waals surface area contributed by atoms with Crippen LogP contribution in [0.25, 0.3) is 11.4 Å². The van der Waals surface area contributed by atoms with Crippen LogP contribution in [0.4, 0.5) is 4.39 Å². The highest BCUT2D eigenvalue weighted by atomic mass is 32.2. The van der Waals surface area contributed by atoms with Crippen molar-refractivity contribution in [2.75, 3.05) is 50.1 Å². The summed E-state index contributed by atoms with van der Waals surface area (Å²) in [5, 5.41) is 11.9. The Morgan fingerprint density at radius 2 is 1.94 bits per heavy atom. The number of hydrogen-bond donors (Lipinski definition) is 1. The second-order valence-corrected chi connectivity index (χ2v) is 11.0. The van der Waals surface area contributed by atoms with Gasteiger partial charge in [0.05, 0.1) is 30.5 Å². The van der Waals surface area contributed by atoms with Gasteiger partial charge in [-0.25, -0.2) is 12.8 Å². The van der Waals surface area contributed by atoms with Gasteiger partial charge in [-0.1, -0.05) is 11.8 Å². The standard InChI is InChI=1S/C20H26FN5O4S2/c21-16-3-1-15(2-4-16)19-23-24-20(26(19)7-6-25-8-10-30-11-9-25)31-13-18(27)22-17-5-12-32(28,29)14-17/h1-4,17H,5-14H2,(H,22,27). The maximum absolute atomic E-state index is 13.4. The molecule has 1 amide bonds. The molecule has 2 saturated heterocycles. The van der Waals surface area contributed by atoms with Gasteiger partial charge in [0, 0.05) is 37.8 Å². The summed E-state index contributed by atoms with van der Waals surface area (Å²) in [4.78, 5) is 14.7. The molecule has 2 fully saturated rings. The summed E-state index contributed by atoms with van der Waals surface area (Å²) >= 11 is 1.25. The lowest BCUT2D eigenvalue weighted by Crippen LogP contribution is -2.38. The summed E-state index contributed by atoms with van der Waals surface area (Å²) in [6.07, 6.45) is 0.448. The predicted octanol–water partition coefficient (Wildman–Crippen LogP) is 0.812. The molecule has 1 N–H and O–H groups in total. The number of nitrogens with one attached hydrogen (secondary N) is 1. The van der Waals surface area contributed by atoms with Gasteiger partial charge in [-0.3, -0.25) is 9.69 Å². The van der Waals surface area contributed by atoms with Crippen LogP contribution < -0.4 is 5.32 Å². The van der Waals surface area contributed by atoms with Crippen molar-refractivity contribution in [3.8, 4) is 11.4 Å². The molecule has 0 bridgehead atoms. The number of hydrogen-bond acceptors (Lipinski definition) is 8. The largest absolute Gasteiger partial charge is 0.379 e. The number of amides is 1. The SMILES string of the molecule is O=C(CSc1nnc(-c2ccc(F)cc2)n1CCN1CCOCC1)NC1CCS(=O)(=O)C1. The average molecular weight is 484 g/mol. The maximum atomic E-state index is 13.4. The van der Waals surface area contributed by atoms with E-state index in [0.29, 0.717) is 37.2 Å². The molecule has 0 spiro atoms. The Bertz CT molecular complexity index is 1040. The number of nitrogens with zero attached hydrogens (tertiary/aromatic N) is 4. The van der Waals surface area contributed by atoms with Crippen LogP contribution in [-0.4, -0.2) is 90.1 Å². The molecule has 2 aliphatic rings. The number of benzene rings is 1.